The van der Waals surface area contributed by atoms with Crippen LogP contribution in [0.1, 0.15) is 48.5 Å². The SMILES string of the molecule is C/C=C/C(C)=C/[C@H](C)[C@H](/C=C/C)O[Si](C)(C)C(C)(C)C. The van der Waals surface area contributed by atoms with E-state index in [4.69, 9.17) is 4.43 Å². The molecular formula is C18H34OSi. The van der Waals surface area contributed by atoms with Crippen LogP contribution in [0.25, 0.3) is 0 Å². The Hall–Kier alpha value is -0.603. The molecule has 0 rings (SSSR count). The molecule has 0 radical (unpaired) electrons. The van der Waals surface area contributed by atoms with Crippen molar-refractivity contribution in [2.75, 3.05) is 0 Å². The highest BCUT2D eigenvalue weighted by molar-refractivity contribution is 6.74. The summed E-state index contributed by atoms with van der Waals surface area (Å²) in [7, 11) is -1.74. The van der Waals surface area contributed by atoms with Crippen molar-refractivity contribution in [1.82, 2.24) is 0 Å². The molecule has 2 heteroatoms. The summed E-state index contributed by atoms with van der Waals surface area (Å²) >= 11 is 0. The normalized spacial score (nSPS) is 17.9. The lowest BCUT2D eigenvalue weighted by molar-refractivity contribution is 0.189. The Morgan fingerprint density at radius 2 is 1.65 bits per heavy atom. The summed E-state index contributed by atoms with van der Waals surface area (Å²) in [5.74, 6) is 0.386. The summed E-state index contributed by atoms with van der Waals surface area (Å²) in [5, 5.41) is 0.245. The second-order valence-corrected chi connectivity index (χ2v) is 11.9. The van der Waals surface area contributed by atoms with Crippen molar-refractivity contribution in [1.29, 1.82) is 0 Å². The standard InChI is InChI=1S/C18H34OSi/c1-10-12-15(3)14-16(4)17(13-11-2)19-20(8,9)18(5,6)7/h10-14,16-17H,1-9H3/b12-10+,13-11+,15-14+/t16-,17-/m0/s1. The maximum Gasteiger partial charge on any atom is 0.192 e. The zero-order valence-electron chi connectivity index (χ0n) is 14.9. The van der Waals surface area contributed by atoms with Crippen LogP contribution in [-0.4, -0.2) is 14.4 Å². The molecule has 116 valence electrons. The first-order valence-electron chi connectivity index (χ1n) is 7.67. The molecule has 20 heavy (non-hydrogen) atoms. The van der Waals surface area contributed by atoms with Gasteiger partial charge in [-0.3, -0.25) is 0 Å². The smallest absolute Gasteiger partial charge is 0.192 e. The van der Waals surface area contributed by atoms with Crippen molar-refractivity contribution in [2.45, 2.75) is 72.7 Å². The van der Waals surface area contributed by atoms with Gasteiger partial charge in [0.15, 0.2) is 8.32 Å². The molecule has 0 heterocycles. The second kappa shape index (κ2) is 7.99. The fourth-order valence-corrected chi connectivity index (χ4v) is 3.18. The van der Waals surface area contributed by atoms with E-state index in [1.807, 2.05) is 0 Å². The Bertz CT molecular complexity index is 369. The Labute approximate surface area is 127 Å². The van der Waals surface area contributed by atoms with Crippen LogP contribution in [0.4, 0.5) is 0 Å². The summed E-state index contributed by atoms with van der Waals surface area (Å²) in [6, 6.07) is 0. The quantitative estimate of drug-likeness (QED) is 0.326. The molecule has 0 aliphatic carbocycles. The maximum absolute atomic E-state index is 6.57. The predicted molar refractivity (Wildman–Crippen MR) is 94.6 cm³/mol. The van der Waals surface area contributed by atoms with E-state index in [0.717, 1.165) is 0 Å². The Balaban J connectivity index is 5.13. The van der Waals surface area contributed by atoms with Gasteiger partial charge in [-0.15, -0.1) is 0 Å². The maximum atomic E-state index is 6.57. The zero-order chi connectivity index (χ0) is 16.0. The molecule has 0 aromatic heterocycles. The molecule has 0 bridgehead atoms. The van der Waals surface area contributed by atoms with Gasteiger partial charge in [-0.2, -0.15) is 0 Å². The van der Waals surface area contributed by atoms with Crippen molar-refractivity contribution in [3.05, 3.63) is 36.0 Å². The van der Waals surface area contributed by atoms with Gasteiger partial charge in [-0.1, -0.05) is 63.6 Å². The van der Waals surface area contributed by atoms with Crippen molar-refractivity contribution >= 4 is 8.32 Å². The highest BCUT2D eigenvalue weighted by Gasteiger charge is 2.39. The van der Waals surface area contributed by atoms with Gasteiger partial charge in [0.1, 0.15) is 0 Å². The summed E-state index contributed by atoms with van der Waals surface area (Å²) < 4.78 is 6.57. The molecule has 0 amide bonds. The summed E-state index contributed by atoms with van der Waals surface area (Å²) in [4.78, 5) is 0. The zero-order valence-corrected chi connectivity index (χ0v) is 15.9. The van der Waals surface area contributed by atoms with E-state index >= 15 is 0 Å². The molecule has 0 unspecified atom stereocenters. The molecule has 0 fully saturated rings. The van der Waals surface area contributed by atoms with E-state index in [-0.39, 0.29) is 11.1 Å². The van der Waals surface area contributed by atoms with Gasteiger partial charge in [0, 0.05) is 5.92 Å². The fourth-order valence-electron chi connectivity index (χ4n) is 1.86. The fraction of sp³-hybridized carbons (Fsp3) is 0.667. The number of rotatable bonds is 6. The van der Waals surface area contributed by atoms with E-state index in [1.54, 1.807) is 0 Å². The average Bonchev–Trinajstić information content (AvgIpc) is 2.26. The minimum absolute atomic E-state index is 0.168. The summed E-state index contributed by atoms with van der Waals surface area (Å²) in [6.45, 7) is 20.0. The highest BCUT2D eigenvalue weighted by Crippen LogP contribution is 2.38. The Kier molecular flexibility index (Phi) is 7.75. The number of allylic oxidation sites excluding steroid dienone is 4. The van der Waals surface area contributed by atoms with E-state index in [9.17, 15) is 0 Å². The second-order valence-electron chi connectivity index (χ2n) is 7.14. The van der Waals surface area contributed by atoms with E-state index in [2.05, 4.69) is 91.9 Å². The minimum Gasteiger partial charge on any atom is -0.410 e. The minimum atomic E-state index is -1.74. The third kappa shape index (κ3) is 6.23. The third-order valence-electron chi connectivity index (χ3n) is 4.09. The summed E-state index contributed by atoms with van der Waals surface area (Å²) in [5.41, 5.74) is 1.30. The molecule has 0 saturated carbocycles. The van der Waals surface area contributed by atoms with Crippen molar-refractivity contribution in [3.8, 4) is 0 Å². The molecule has 0 saturated heterocycles. The Morgan fingerprint density at radius 1 is 1.10 bits per heavy atom. The van der Waals surface area contributed by atoms with Crippen LogP contribution in [0.2, 0.25) is 18.1 Å². The van der Waals surface area contributed by atoms with Gasteiger partial charge in [0.05, 0.1) is 6.10 Å². The molecule has 0 aromatic rings. The van der Waals surface area contributed by atoms with Crippen LogP contribution in [0.3, 0.4) is 0 Å². The van der Waals surface area contributed by atoms with Crippen LogP contribution < -0.4 is 0 Å². The molecule has 0 aliphatic rings. The molecule has 0 spiro atoms. The first kappa shape index (κ1) is 19.4. The molecule has 1 nitrogen and oxygen atoms in total. The molecule has 0 N–H and O–H groups in total. The predicted octanol–water partition coefficient (Wildman–Crippen LogP) is 6.11. The molecule has 0 aliphatic heterocycles. The first-order valence-corrected chi connectivity index (χ1v) is 10.6. The monoisotopic (exact) mass is 294 g/mol. The van der Waals surface area contributed by atoms with E-state index in [0.29, 0.717) is 5.92 Å². The molecule has 2 atom stereocenters. The van der Waals surface area contributed by atoms with Gasteiger partial charge in [0.25, 0.3) is 0 Å². The van der Waals surface area contributed by atoms with E-state index in [1.165, 1.54) is 5.57 Å². The van der Waals surface area contributed by atoms with Crippen LogP contribution in [0, 0.1) is 5.92 Å². The first-order chi connectivity index (χ1) is 9.05. The average molecular weight is 295 g/mol. The summed E-state index contributed by atoms with van der Waals surface area (Å²) in [6.07, 6.45) is 11.0. The van der Waals surface area contributed by atoms with Crippen LogP contribution in [-0.2, 0) is 4.43 Å². The van der Waals surface area contributed by atoms with Crippen molar-refractivity contribution < 1.29 is 4.43 Å². The van der Waals surface area contributed by atoms with Crippen LogP contribution in [0.15, 0.2) is 36.0 Å². The highest BCUT2D eigenvalue weighted by atomic mass is 28.4. The lowest BCUT2D eigenvalue weighted by Gasteiger charge is -2.39. The van der Waals surface area contributed by atoms with Crippen molar-refractivity contribution in [3.63, 3.8) is 0 Å². The number of hydrogen-bond acceptors (Lipinski definition) is 1. The third-order valence-corrected chi connectivity index (χ3v) is 8.57. The number of hydrogen-bond donors (Lipinski definition) is 0. The Morgan fingerprint density at radius 3 is 2.05 bits per heavy atom. The van der Waals surface area contributed by atoms with Gasteiger partial charge in [-0.25, -0.2) is 0 Å². The van der Waals surface area contributed by atoms with Crippen molar-refractivity contribution in [2.24, 2.45) is 5.92 Å². The van der Waals surface area contributed by atoms with Gasteiger partial charge in [-0.05, 0) is 38.9 Å². The van der Waals surface area contributed by atoms with Crippen LogP contribution in [0.5, 0.6) is 0 Å². The van der Waals surface area contributed by atoms with Gasteiger partial charge >= 0.3 is 0 Å². The van der Waals surface area contributed by atoms with Gasteiger partial charge in [0.2, 0.25) is 0 Å². The lowest BCUT2D eigenvalue weighted by atomic mass is 10.0. The molecule has 0 aromatic carbocycles. The largest absolute Gasteiger partial charge is 0.410 e. The molecular weight excluding hydrogens is 260 g/mol. The van der Waals surface area contributed by atoms with E-state index < -0.39 is 8.32 Å². The topological polar surface area (TPSA) is 9.23 Å². The lowest BCUT2D eigenvalue weighted by Crippen LogP contribution is -2.44. The van der Waals surface area contributed by atoms with Gasteiger partial charge < -0.3 is 4.43 Å². The van der Waals surface area contributed by atoms with Crippen LogP contribution >= 0.6 is 0 Å².